The molecule has 0 aliphatic rings. The van der Waals surface area contributed by atoms with Gasteiger partial charge >= 0.3 is 0 Å². The van der Waals surface area contributed by atoms with Crippen LogP contribution in [-0.4, -0.2) is 26.6 Å². The van der Waals surface area contributed by atoms with E-state index >= 15 is 0 Å². The minimum absolute atomic E-state index is 0.0128. The summed E-state index contributed by atoms with van der Waals surface area (Å²) in [5.74, 6) is 0.0128. The van der Waals surface area contributed by atoms with E-state index in [0.29, 0.717) is 12.2 Å². The maximum Gasteiger partial charge on any atom is 0.272 e. The van der Waals surface area contributed by atoms with Crippen molar-refractivity contribution in [1.29, 1.82) is 0 Å². The first-order chi connectivity index (χ1) is 9.09. The summed E-state index contributed by atoms with van der Waals surface area (Å²) in [7, 11) is 1.79. The molecule has 1 amide bonds. The van der Waals surface area contributed by atoms with Gasteiger partial charge in [-0.15, -0.1) is 0 Å². The zero-order chi connectivity index (χ0) is 13.8. The number of carbonyl (C=O) groups excluding carboxylic acids is 1. The van der Waals surface area contributed by atoms with E-state index < -0.39 is 0 Å². The third kappa shape index (κ3) is 3.02. The number of aromatic nitrogens is 2. The van der Waals surface area contributed by atoms with Gasteiger partial charge in [-0.3, -0.25) is 9.48 Å². The molecule has 4 heteroatoms. The monoisotopic (exact) mass is 257 g/mol. The molecule has 0 saturated heterocycles. The Balaban J connectivity index is 2.22. The van der Waals surface area contributed by atoms with Gasteiger partial charge in [0.15, 0.2) is 0 Å². The van der Waals surface area contributed by atoms with Gasteiger partial charge in [0.1, 0.15) is 5.69 Å². The van der Waals surface area contributed by atoms with Crippen molar-refractivity contribution < 1.29 is 4.79 Å². The highest BCUT2D eigenvalue weighted by molar-refractivity contribution is 5.92. The van der Waals surface area contributed by atoms with Gasteiger partial charge in [0.2, 0.25) is 0 Å². The third-order valence-corrected chi connectivity index (χ3v) is 3.12. The van der Waals surface area contributed by atoms with Crippen LogP contribution in [0.4, 0.5) is 0 Å². The number of benzene rings is 1. The molecule has 0 atom stereocenters. The fourth-order valence-electron chi connectivity index (χ4n) is 2.00. The molecule has 100 valence electrons. The molecule has 2 rings (SSSR count). The molecule has 1 heterocycles. The average Bonchev–Trinajstić information content (AvgIpc) is 2.82. The first-order valence-corrected chi connectivity index (χ1v) is 6.42. The van der Waals surface area contributed by atoms with Crippen molar-refractivity contribution in [2.75, 3.05) is 0 Å². The average molecular weight is 257 g/mol. The van der Waals surface area contributed by atoms with Gasteiger partial charge in [0, 0.05) is 25.8 Å². The zero-order valence-electron chi connectivity index (χ0n) is 11.6. The molecule has 19 heavy (non-hydrogen) atoms. The fraction of sp³-hybridized carbons (Fsp3) is 0.333. The van der Waals surface area contributed by atoms with Gasteiger partial charge in [-0.25, -0.2) is 0 Å². The van der Waals surface area contributed by atoms with Crippen LogP contribution in [0.2, 0.25) is 0 Å². The van der Waals surface area contributed by atoms with Crippen LogP contribution < -0.4 is 0 Å². The highest BCUT2D eigenvalue weighted by atomic mass is 16.2. The summed E-state index contributed by atoms with van der Waals surface area (Å²) in [5.41, 5.74) is 1.75. The van der Waals surface area contributed by atoms with Crippen molar-refractivity contribution in [2.45, 2.75) is 26.4 Å². The van der Waals surface area contributed by atoms with E-state index in [-0.39, 0.29) is 11.9 Å². The van der Waals surface area contributed by atoms with Gasteiger partial charge in [0.25, 0.3) is 5.91 Å². The first-order valence-electron chi connectivity index (χ1n) is 6.42. The molecule has 1 aromatic carbocycles. The summed E-state index contributed by atoms with van der Waals surface area (Å²) in [6.07, 6.45) is 1.65. The van der Waals surface area contributed by atoms with Crippen molar-refractivity contribution in [3.05, 3.63) is 53.9 Å². The second kappa shape index (κ2) is 5.69. The van der Waals surface area contributed by atoms with Gasteiger partial charge in [-0.2, -0.15) is 5.10 Å². The number of rotatable bonds is 4. The lowest BCUT2D eigenvalue weighted by Gasteiger charge is -2.26. The molecule has 0 N–H and O–H groups in total. The Morgan fingerprint density at radius 3 is 2.47 bits per heavy atom. The van der Waals surface area contributed by atoms with Crippen LogP contribution in [0.15, 0.2) is 42.6 Å². The molecule has 0 spiro atoms. The summed E-state index contributed by atoms with van der Waals surface area (Å²) in [6.45, 7) is 4.66. The molecule has 4 nitrogen and oxygen atoms in total. The summed E-state index contributed by atoms with van der Waals surface area (Å²) in [5, 5.41) is 4.06. The minimum atomic E-state index is 0.0128. The van der Waals surface area contributed by atoms with Gasteiger partial charge in [-0.1, -0.05) is 30.3 Å². The smallest absolute Gasteiger partial charge is 0.272 e. The number of carbonyl (C=O) groups is 1. The van der Waals surface area contributed by atoms with Crippen LogP contribution in [0, 0.1) is 0 Å². The topological polar surface area (TPSA) is 38.1 Å². The summed E-state index contributed by atoms with van der Waals surface area (Å²) < 4.78 is 1.61. The number of hydrogen-bond acceptors (Lipinski definition) is 2. The lowest BCUT2D eigenvalue weighted by molar-refractivity contribution is 0.0679. The van der Waals surface area contributed by atoms with Crippen molar-refractivity contribution in [3.63, 3.8) is 0 Å². The highest BCUT2D eigenvalue weighted by Gasteiger charge is 2.21. The Hall–Kier alpha value is -2.10. The molecular formula is C15H19N3O. The van der Waals surface area contributed by atoms with Crippen LogP contribution in [-0.2, 0) is 13.6 Å². The quantitative estimate of drug-likeness (QED) is 0.844. The lowest BCUT2D eigenvalue weighted by atomic mass is 10.1. The molecule has 0 bridgehead atoms. The molecule has 1 aromatic heterocycles. The minimum Gasteiger partial charge on any atom is -0.331 e. The number of amides is 1. The van der Waals surface area contributed by atoms with Gasteiger partial charge < -0.3 is 4.90 Å². The maximum atomic E-state index is 12.5. The molecular weight excluding hydrogens is 238 g/mol. The Bertz CT molecular complexity index is 546. The standard InChI is InChI=1S/C15H19N3O/c1-12(2)18(11-13-7-5-4-6-8-13)15(19)14-9-10-16-17(14)3/h4-10,12H,11H2,1-3H3. The van der Waals surface area contributed by atoms with Crippen molar-refractivity contribution >= 4 is 5.91 Å². The Kier molecular flexibility index (Phi) is 4.00. The largest absolute Gasteiger partial charge is 0.331 e. The van der Waals surface area contributed by atoms with E-state index in [1.165, 1.54) is 0 Å². The van der Waals surface area contributed by atoms with Crippen LogP contribution in [0.1, 0.15) is 29.9 Å². The normalized spacial score (nSPS) is 10.7. The van der Waals surface area contributed by atoms with Crippen LogP contribution in [0.3, 0.4) is 0 Å². The molecule has 0 aliphatic carbocycles. The number of hydrogen-bond donors (Lipinski definition) is 0. The van der Waals surface area contributed by atoms with Crippen LogP contribution in [0.25, 0.3) is 0 Å². The zero-order valence-corrected chi connectivity index (χ0v) is 11.6. The second-order valence-corrected chi connectivity index (χ2v) is 4.85. The number of nitrogens with zero attached hydrogens (tertiary/aromatic N) is 3. The number of aryl methyl sites for hydroxylation is 1. The van der Waals surface area contributed by atoms with Crippen molar-refractivity contribution in [1.82, 2.24) is 14.7 Å². The summed E-state index contributed by atoms with van der Waals surface area (Å²) >= 11 is 0. The third-order valence-electron chi connectivity index (χ3n) is 3.12. The summed E-state index contributed by atoms with van der Waals surface area (Å²) in [4.78, 5) is 14.4. The second-order valence-electron chi connectivity index (χ2n) is 4.85. The molecule has 0 unspecified atom stereocenters. The van der Waals surface area contributed by atoms with Gasteiger partial charge in [0.05, 0.1) is 0 Å². The van der Waals surface area contributed by atoms with E-state index in [0.717, 1.165) is 5.56 Å². The predicted octanol–water partition coefficient (Wildman–Crippen LogP) is 2.47. The molecule has 0 radical (unpaired) electrons. The molecule has 0 saturated carbocycles. The van der Waals surface area contributed by atoms with E-state index in [9.17, 15) is 4.79 Å². The maximum absolute atomic E-state index is 12.5. The van der Waals surface area contributed by atoms with Crippen molar-refractivity contribution in [2.24, 2.45) is 7.05 Å². The van der Waals surface area contributed by atoms with E-state index in [2.05, 4.69) is 5.10 Å². The lowest BCUT2D eigenvalue weighted by Crippen LogP contribution is -2.37. The highest BCUT2D eigenvalue weighted by Crippen LogP contribution is 2.12. The molecule has 0 fully saturated rings. The van der Waals surface area contributed by atoms with E-state index in [1.807, 2.05) is 49.1 Å². The first kappa shape index (κ1) is 13.3. The van der Waals surface area contributed by atoms with E-state index in [4.69, 9.17) is 0 Å². The Morgan fingerprint density at radius 1 is 1.26 bits per heavy atom. The fourth-order valence-corrected chi connectivity index (χ4v) is 2.00. The van der Waals surface area contributed by atoms with Gasteiger partial charge in [-0.05, 0) is 25.5 Å². The predicted molar refractivity (Wildman–Crippen MR) is 74.7 cm³/mol. The Labute approximate surface area is 113 Å². The summed E-state index contributed by atoms with van der Waals surface area (Å²) in [6, 6.07) is 11.9. The van der Waals surface area contributed by atoms with Crippen molar-refractivity contribution in [3.8, 4) is 0 Å². The molecule has 0 aliphatic heterocycles. The SMILES string of the molecule is CC(C)N(Cc1ccccc1)C(=O)c1ccnn1C. The molecule has 2 aromatic rings. The van der Waals surface area contributed by atoms with Crippen LogP contribution in [0.5, 0.6) is 0 Å². The van der Waals surface area contributed by atoms with Crippen LogP contribution >= 0.6 is 0 Å². The Morgan fingerprint density at radius 2 is 1.95 bits per heavy atom. The van der Waals surface area contributed by atoms with E-state index in [1.54, 1.807) is 24.0 Å².